The molecule has 0 atom stereocenters. The summed E-state index contributed by atoms with van der Waals surface area (Å²) in [5.74, 6) is -2.56. The van der Waals surface area contributed by atoms with Gasteiger partial charge in [0.1, 0.15) is 16.9 Å². The van der Waals surface area contributed by atoms with Gasteiger partial charge in [0, 0.05) is 0 Å². The molecule has 5 heteroatoms. The van der Waals surface area contributed by atoms with Crippen molar-refractivity contribution in [3.05, 3.63) is 28.8 Å². The Hall–Kier alpha value is -2.04. The van der Waals surface area contributed by atoms with E-state index in [0.717, 1.165) is 0 Å². The molecule has 0 aromatic heterocycles. The molecule has 1 rings (SSSR count). The second-order valence-electron chi connectivity index (χ2n) is 3.92. The molecule has 0 aliphatic carbocycles. The van der Waals surface area contributed by atoms with Gasteiger partial charge in [-0.1, -0.05) is 13.8 Å². The first kappa shape index (κ1) is 13.0. The maximum Gasteiger partial charge on any atom is 0.341 e. The van der Waals surface area contributed by atoms with Crippen molar-refractivity contribution in [1.29, 1.82) is 0 Å². The number of hydrogen-bond acceptors (Lipinski definition) is 4. The van der Waals surface area contributed by atoms with Crippen LogP contribution in [-0.4, -0.2) is 29.3 Å². The highest BCUT2D eigenvalue weighted by Crippen LogP contribution is 2.28. The third kappa shape index (κ3) is 2.55. The third-order valence-corrected chi connectivity index (χ3v) is 2.43. The Morgan fingerprint density at radius 1 is 1.24 bits per heavy atom. The summed E-state index contributed by atoms with van der Waals surface area (Å²) in [7, 11) is 1.17. The van der Waals surface area contributed by atoms with E-state index < -0.39 is 17.7 Å². The Morgan fingerprint density at radius 2 is 1.76 bits per heavy atom. The molecule has 0 spiro atoms. The average Bonchev–Trinajstić information content (AvgIpc) is 2.27. The van der Waals surface area contributed by atoms with Gasteiger partial charge >= 0.3 is 11.9 Å². The molecule has 1 aromatic rings. The van der Waals surface area contributed by atoms with Crippen molar-refractivity contribution in [2.45, 2.75) is 19.8 Å². The van der Waals surface area contributed by atoms with Crippen LogP contribution < -0.4 is 0 Å². The molecule has 5 nitrogen and oxygen atoms in total. The summed E-state index contributed by atoms with van der Waals surface area (Å²) < 4.78 is 4.49. The molecule has 0 saturated carbocycles. The molecule has 0 aliphatic rings. The number of ether oxygens (including phenoxy) is 1. The summed E-state index contributed by atoms with van der Waals surface area (Å²) in [6.45, 7) is 3.72. The van der Waals surface area contributed by atoms with Crippen LogP contribution in [0.5, 0.6) is 5.75 Å². The number of carboxylic acid groups (broad SMARTS) is 1. The molecule has 0 fully saturated rings. The second kappa shape index (κ2) is 4.86. The molecule has 92 valence electrons. The fourth-order valence-electron chi connectivity index (χ4n) is 1.42. The minimum atomic E-state index is -1.28. The van der Waals surface area contributed by atoms with Crippen LogP contribution in [0.1, 0.15) is 46.0 Å². The lowest BCUT2D eigenvalue weighted by atomic mass is 9.96. The summed E-state index contributed by atoms with van der Waals surface area (Å²) in [6.07, 6.45) is 0. The van der Waals surface area contributed by atoms with E-state index in [4.69, 9.17) is 5.11 Å². The molecule has 0 bridgehead atoms. The van der Waals surface area contributed by atoms with E-state index in [1.165, 1.54) is 19.2 Å². The smallest absolute Gasteiger partial charge is 0.341 e. The first-order chi connectivity index (χ1) is 7.88. The van der Waals surface area contributed by atoms with Crippen LogP contribution >= 0.6 is 0 Å². The Balaban J connectivity index is 3.48. The molecule has 0 saturated heterocycles. The van der Waals surface area contributed by atoms with Crippen molar-refractivity contribution in [2.24, 2.45) is 0 Å². The van der Waals surface area contributed by atoms with Gasteiger partial charge in [0.15, 0.2) is 0 Å². The summed E-state index contributed by atoms with van der Waals surface area (Å²) >= 11 is 0. The number of carboxylic acids is 1. The van der Waals surface area contributed by atoms with E-state index >= 15 is 0 Å². The lowest BCUT2D eigenvalue weighted by molar-refractivity contribution is 0.0597. The first-order valence-electron chi connectivity index (χ1n) is 5.07. The molecule has 0 amide bonds. The van der Waals surface area contributed by atoms with Gasteiger partial charge in [-0.15, -0.1) is 0 Å². The number of carbonyl (C=O) groups excluding carboxylic acids is 1. The van der Waals surface area contributed by atoms with Gasteiger partial charge in [0.25, 0.3) is 0 Å². The number of aromatic hydroxyl groups is 1. The zero-order valence-electron chi connectivity index (χ0n) is 9.85. The number of aromatic carboxylic acids is 1. The van der Waals surface area contributed by atoms with Gasteiger partial charge in [-0.2, -0.15) is 0 Å². The van der Waals surface area contributed by atoms with Crippen LogP contribution in [0.4, 0.5) is 0 Å². The molecule has 0 heterocycles. The van der Waals surface area contributed by atoms with E-state index in [1.54, 1.807) is 0 Å². The maximum absolute atomic E-state index is 11.4. The van der Waals surface area contributed by atoms with Crippen molar-refractivity contribution in [3.63, 3.8) is 0 Å². The second-order valence-corrected chi connectivity index (χ2v) is 3.92. The summed E-state index contributed by atoms with van der Waals surface area (Å²) in [4.78, 5) is 22.4. The molecule has 17 heavy (non-hydrogen) atoms. The molecular formula is C12H14O5. The number of benzene rings is 1. The fourth-order valence-corrected chi connectivity index (χ4v) is 1.42. The van der Waals surface area contributed by atoms with Crippen LogP contribution in [0, 0.1) is 0 Å². The monoisotopic (exact) mass is 238 g/mol. The fraction of sp³-hybridized carbons (Fsp3) is 0.333. The quantitative estimate of drug-likeness (QED) is 0.787. The molecule has 2 N–H and O–H groups in total. The average molecular weight is 238 g/mol. The van der Waals surface area contributed by atoms with Crippen LogP contribution in [-0.2, 0) is 4.74 Å². The van der Waals surface area contributed by atoms with Gasteiger partial charge in [-0.05, 0) is 23.6 Å². The van der Waals surface area contributed by atoms with Gasteiger partial charge in [0.2, 0.25) is 0 Å². The highest BCUT2D eigenvalue weighted by molar-refractivity contribution is 5.99. The zero-order valence-corrected chi connectivity index (χ0v) is 9.85. The third-order valence-electron chi connectivity index (χ3n) is 2.43. The Kier molecular flexibility index (Phi) is 3.73. The van der Waals surface area contributed by atoms with Crippen molar-refractivity contribution in [2.75, 3.05) is 7.11 Å². The largest absolute Gasteiger partial charge is 0.506 e. The minimum Gasteiger partial charge on any atom is -0.506 e. The van der Waals surface area contributed by atoms with E-state index in [-0.39, 0.29) is 17.0 Å². The Bertz CT molecular complexity index is 462. The molecular weight excluding hydrogens is 224 g/mol. The predicted molar refractivity (Wildman–Crippen MR) is 60.5 cm³/mol. The van der Waals surface area contributed by atoms with Gasteiger partial charge in [-0.3, -0.25) is 0 Å². The number of methoxy groups -OCH3 is 1. The topological polar surface area (TPSA) is 83.8 Å². The van der Waals surface area contributed by atoms with Crippen molar-refractivity contribution < 1.29 is 24.5 Å². The lowest BCUT2D eigenvalue weighted by Gasteiger charge is -2.11. The van der Waals surface area contributed by atoms with Crippen LogP contribution in [0.3, 0.4) is 0 Å². The van der Waals surface area contributed by atoms with Crippen molar-refractivity contribution >= 4 is 11.9 Å². The SMILES string of the molecule is COC(=O)c1cc(C(C)C)cc(C(=O)O)c1O. The molecule has 0 aliphatic heterocycles. The number of phenols is 1. The number of carbonyl (C=O) groups is 2. The minimum absolute atomic E-state index is 0.0390. The maximum atomic E-state index is 11.4. The standard InChI is InChI=1S/C12H14O5/c1-6(2)7-4-8(11(14)15)10(13)9(5-7)12(16)17-3/h4-6,13H,1-3H3,(H,14,15). The number of rotatable bonds is 3. The summed E-state index contributed by atoms with van der Waals surface area (Å²) in [5, 5.41) is 18.6. The summed E-state index contributed by atoms with van der Waals surface area (Å²) in [6, 6.07) is 2.80. The van der Waals surface area contributed by atoms with E-state index in [9.17, 15) is 14.7 Å². The molecule has 1 aromatic carbocycles. The van der Waals surface area contributed by atoms with Gasteiger partial charge in [-0.25, -0.2) is 9.59 Å². The highest BCUT2D eigenvalue weighted by atomic mass is 16.5. The number of hydrogen-bond donors (Lipinski definition) is 2. The Labute approximate surface area is 98.6 Å². The van der Waals surface area contributed by atoms with E-state index in [0.29, 0.717) is 5.56 Å². The van der Waals surface area contributed by atoms with Crippen LogP contribution in [0.15, 0.2) is 12.1 Å². The van der Waals surface area contributed by atoms with E-state index in [2.05, 4.69) is 4.74 Å². The first-order valence-corrected chi connectivity index (χ1v) is 5.07. The van der Waals surface area contributed by atoms with Crippen LogP contribution in [0.25, 0.3) is 0 Å². The Morgan fingerprint density at radius 3 is 2.18 bits per heavy atom. The van der Waals surface area contributed by atoms with Gasteiger partial charge in [0.05, 0.1) is 7.11 Å². The van der Waals surface area contributed by atoms with Crippen molar-refractivity contribution in [3.8, 4) is 5.75 Å². The van der Waals surface area contributed by atoms with Gasteiger partial charge < -0.3 is 14.9 Å². The van der Waals surface area contributed by atoms with E-state index in [1.807, 2.05) is 13.8 Å². The highest BCUT2D eigenvalue weighted by Gasteiger charge is 2.21. The van der Waals surface area contributed by atoms with Crippen LogP contribution in [0.2, 0.25) is 0 Å². The summed E-state index contributed by atoms with van der Waals surface area (Å²) in [5.41, 5.74) is 0.230. The lowest BCUT2D eigenvalue weighted by Crippen LogP contribution is -2.08. The molecule has 0 radical (unpaired) electrons. The normalized spacial score (nSPS) is 10.4. The number of esters is 1. The zero-order chi connectivity index (χ0) is 13.2. The predicted octanol–water partition coefficient (Wildman–Crippen LogP) is 2.00. The van der Waals surface area contributed by atoms with Crippen molar-refractivity contribution in [1.82, 2.24) is 0 Å². The molecule has 0 unspecified atom stereocenters.